The van der Waals surface area contributed by atoms with Crippen LogP contribution in [0.4, 0.5) is 0 Å². The molecule has 0 aromatic rings. The number of Topliss-reactive ketones (excluding diaryl/α,β-unsaturated/α-hetero) is 1. The Morgan fingerprint density at radius 1 is 0.826 bits per heavy atom. The average Bonchev–Trinajstić information content (AvgIpc) is 2.43. The van der Waals surface area contributed by atoms with Crippen LogP contribution in [0.25, 0.3) is 0 Å². The van der Waals surface area contributed by atoms with Crippen LogP contribution in [-0.2, 0) is 14.4 Å². The summed E-state index contributed by atoms with van der Waals surface area (Å²) < 4.78 is 0. The lowest BCUT2D eigenvalue weighted by atomic mass is 9.97. The van der Waals surface area contributed by atoms with E-state index in [9.17, 15) is 14.4 Å². The maximum absolute atomic E-state index is 12.3. The number of hydrogen-bond acceptors (Lipinski definition) is 3. The first-order valence-electron chi connectivity index (χ1n) is 8.75. The second kappa shape index (κ2) is 11.2. The van der Waals surface area contributed by atoms with E-state index >= 15 is 0 Å². The number of ketones is 1. The minimum absolute atomic E-state index is 0.0132. The van der Waals surface area contributed by atoms with Crippen molar-refractivity contribution < 1.29 is 14.4 Å². The van der Waals surface area contributed by atoms with Gasteiger partial charge in [-0.2, -0.15) is 0 Å². The number of hydrogen-bond donors (Lipinski definition) is 2. The van der Waals surface area contributed by atoms with E-state index in [0.29, 0.717) is 19.4 Å². The van der Waals surface area contributed by atoms with Crippen LogP contribution in [0.3, 0.4) is 0 Å². The molecule has 0 unspecified atom stereocenters. The third kappa shape index (κ3) is 10.1. The number of nitrogens with one attached hydrogen (secondary N) is 2. The van der Waals surface area contributed by atoms with E-state index in [1.807, 2.05) is 41.5 Å². The van der Waals surface area contributed by atoms with Gasteiger partial charge in [-0.15, -0.1) is 0 Å². The minimum atomic E-state index is -0.409. The van der Waals surface area contributed by atoms with Crippen molar-refractivity contribution in [2.24, 2.45) is 17.8 Å². The summed E-state index contributed by atoms with van der Waals surface area (Å²) in [5.74, 6) is 0.202. The molecular weight excluding hydrogens is 292 g/mol. The van der Waals surface area contributed by atoms with Crippen molar-refractivity contribution in [1.29, 1.82) is 0 Å². The summed E-state index contributed by atoms with van der Waals surface area (Å²) in [6.07, 6.45) is 2.71. The van der Waals surface area contributed by atoms with Crippen LogP contribution in [0.15, 0.2) is 0 Å². The van der Waals surface area contributed by atoms with Crippen LogP contribution in [0.1, 0.15) is 67.2 Å². The second-order valence-corrected chi connectivity index (χ2v) is 7.22. The topological polar surface area (TPSA) is 75.3 Å². The van der Waals surface area contributed by atoms with Crippen LogP contribution in [0.5, 0.6) is 0 Å². The highest BCUT2D eigenvalue weighted by atomic mass is 16.2. The van der Waals surface area contributed by atoms with Crippen LogP contribution in [0, 0.1) is 17.8 Å². The summed E-state index contributed by atoms with van der Waals surface area (Å²) in [5.41, 5.74) is 0. The number of rotatable bonds is 11. The zero-order valence-electron chi connectivity index (χ0n) is 15.6. The molecule has 23 heavy (non-hydrogen) atoms. The lowest BCUT2D eigenvalue weighted by Crippen LogP contribution is -2.43. The Kier molecular flexibility index (Phi) is 10.5. The van der Waals surface area contributed by atoms with Crippen molar-refractivity contribution in [1.82, 2.24) is 10.6 Å². The molecule has 5 nitrogen and oxygen atoms in total. The van der Waals surface area contributed by atoms with Gasteiger partial charge < -0.3 is 10.6 Å². The van der Waals surface area contributed by atoms with Crippen molar-refractivity contribution in [2.45, 2.75) is 73.3 Å². The fourth-order valence-corrected chi connectivity index (χ4v) is 2.09. The summed E-state index contributed by atoms with van der Waals surface area (Å²) >= 11 is 0. The molecule has 0 aliphatic rings. The number of carbonyl (C=O) groups excluding carboxylic acids is 3. The molecule has 2 amide bonds. The smallest absolute Gasteiger partial charge is 0.223 e. The molecule has 0 saturated heterocycles. The summed E-state index contributed by atoms with van der Waals surface area (Å²) in [6, 6.07) is -0.409. The Balaban J connectivity index is 4.33. The van der Waals surface area contributed by atoms with Gasteiger partial charge in [0.1, 0.15) is 0 Å². The molecule has 5 heteroatoms. The number of unbranched alkanes of at least 4 members (excludes halogenated alkanes) is 1. The van der Waals surface area contributed by atoms with E-state index in [4.69, 9.17) is 0 Å². The van der Waals surface area contributed by atoms with Crippen LogP contribution >= 0.6 is 0 Å². The molecule has 0 radical (unpaired) electrons. The van der Waals surface area contributed by atoms with Gasteiger partial charge in [-0.25, -0.2) is 0 Å². The van der Waals surface area contributed by atoms with Crippen molar-refractivity contribution >= 4 is 17.6 Å². The highest BCUT2D eigenvalue weighted by molar-refractivity contribution is 5.89. The Morgan fingerprint density at radius 2 is 1.39 bits per heavy atom. The lowest BCUT2D eigenvalue weighted by molar-refractivity contribution is -0.130. The molecule has 0 aliphatic carbocycles. The summed E-state index contributed by atoms with van der Waals surface area (Å²) in [5, 5.41) is 5.73. The first-order chi connectivity index (χ1) is 10.6. The van der Waals surface area contributed by atoms with Gasteiger partial charge in [0.15, 0.2) is 5.78 Å². The average molecular weight is 326 g/mol. The van der Waals surface area contributed by atoms with Crippen LogP contribution in [0.2, 0.25) is 0 Å². The van der Waals surface area contributed by atoms with Gasteiger partial charge in [0, 0.05) is 24.8 Å². The van der Waals surface area contributed by atoms with Gasteiger partial charge in [-0.05, 0) is 25.2 Å². The van der Waals surface area contributed by atoms with Crippen molar-refractivity contribution in [3.8, 4) is 0 Å². The summed E-state index contributed by atoms with van der Waals surface area (Å²) in [7, 11) is 0. The molecule has 2 N–H and O–H groups in total. The zero-order chi connectivity index (χ0) is 18.0. The van der Waals surface area contributed by atoms with E-state index in [0.717, 1.165) is 12.8 Å². The van der Waals surface area contributed by atoms with Crippen molar-refractivity contribution in [2.75, 3.05) is 6.54 Å². The van der Waals surface area contributed by atoms with Gasteiger partial charge in [-0.1, -0.05) is 41.5 Å². The third-order valence-electron chi connectivity index (χ3n) is 3.58. The first kappa shape index (κ1) is 21.6. The number of amides is 2. The van der Waals surface area contributed by atoms with Gasteiger partial charge in [0.2, 0.25) is 11.8 Å². The molecule has 0 saturated carbocycles. The maximum atomic E-state index is 12.3. The first-order valence-corrected chi connectivity index (χ1v) is 8.75. The largest absolute Gasteiger partial charge is 0.356 e. The Labute approximate surface area is 141 Å². The molecule has 134 valence electrons. The zero-order valence-corrected chi connectivity index (χ0v) is 15.6. The fourth-order valence-electron chi connectivity index (χ4n) is 2.09. The second-order valence-electron chi connectivity index (χ2n) is 7.22. The highest BCUT2D eigenvalue weighted by Crippen LogP contribution is 2.10. The molecule has 0 bridgehead atoms. The monoisotopic (exact) mass is 326 g/mol. The number of carbonyl (C=O) groups is 3. The molecule has 0 aromatic carbocycles. The summed E-state index contributed by atoms with van der Waals surface area (Å²) in [6.45, 7) is 12.0. The fraction of sp³-hybridized carbons (Fsp3) is 0.833. The standard InChI is InChI=1S/C18H34N2O3/c1-12(2)11-16(21)15(20-18(23)14(5)6)9-7-8-10-19-17(22)13(3)4/h12-15H,7-11H2,1-6H3,(H,19,22)(H,20,23)/t15-/m0/s1. The molecule has 0 heterocycles. The van der Waals surface area contributed by atoms with Crippen molar-refractivity contribution in [3.63, 3.8) is 0 Å². The van der Waals surface area contributed by atoms with E-state index < -0.39 is 6.04 Å². The van der Waals surface area contributed by atoms with Crippen molar-refractivity contribution in [3.05, 3.63) is 0 Å². The summed E-state index contributed by atoms with van der Waals surface area (Å²) in [4.78, 5) is 35.6. The molecule has 1 atom stereocenters. The minimum Gasteiger partial charge on any atom is -0.356 e. The van der Waals surface area contributed by atoms with Crippen LogP contribution in [-0.4, -0.2) is 30.2 Å². The van der Waals surface area contributed by atoms with E-state index in [1.54, 1.807) is 0 Å². The third-order valence-corrected chi connectivity index (χ3v) is 3.58. The molecule has 0 spiro atoms. The van der Waals surface area contributed by atoms with Gasteiger partial charge in [0.05, 0.1) is 6.04 Å². The van der Waals surface area contributed by atoms with Gasteiger partial charge >= 0.3 is 0 Å². The molecule has 0 aromatic heterocycles. The normalized spacial score (nSPS) is 12.6. The molecule has 0 rings (SSSR count). The van der Waals surface area contributed by atoms with Gasteiger partial charge in [0.25, 0.3) is 0 Å². The molecule has 0 fully saturated rings. The van der Waals surface area contributed by atoms with Crippen LogP contribution < -0.4 is 10.6 Å². The predicted octanol–water partition coefficient (Wildman–Crippen LogP) is 2.68. The molecule has 0 aliphatic heterocycles. The Hall–Kier alpha value is -1.39. The quantitative estimate of drug-likeness (QED) is 0.573. The highest BCUT2D eigenvalue weighted by Gasteiger charge is 2.22. The SMILES string of the molecule is CC(C)CC(=O)[C@H](CCCCNC(=O)C(C)C)NC(=O)C(C)C. The predicted molar refractivity (Wildman–Crippen MR) is 92.9 cm³/mol. The Morgan fingerprint density at radius 3 is 1.87 bits per heavy atom. The van der Waals surface area contributed by atoms with E-state index in [2.05, 4.69) is 10.6 Å². The maximum Gasteiger partial charge on any atom is 0.223 e. The van der Waals surface area contributed by atoms with Gasteiger partial charge in [-0.3, -0.25) is 14.4 Å². The lowest BCUT2D eigenvalue weighted by Gasteiger charge is -2.20. The molecular formula is C18H34N2O3. The van der Waals surface area contributed by atoms with E-state index in [1.165, 1.54) is 0 Å². The Bertz CT molecular complexity index is 390. The van der Waals surface area contributed by atoms with E-state index in [-0.39, 0.29) is 35.4 Å².